The molecule has 0 atom stereocenters. The molecule has 0 radical (unpaired) electrons. The second kappa shape index (κ2) is 8.88. The maximum Gasteiger partial charge on any atom is 0.294 e. The van der Waals surface area contributed by atoms with E-state index in [2.05, 4.69) is 16.1 Å². The van der Waals surface area contributed by atoms with Crippen molar-refractivity contribution < 1.29 is 27.6 Å². The fourth-order valence-corrected chi connectivity index (χ4v) is 5.10. The van der Waals surface area contributed by atoms with Gasteiger partial charge in [0.15, 0.2) is 0 Å². The van der Waals surface area contributed by atoms with Crippen molar-refractivity contribution >= 4 is 23.3 Å². The molecule has 35 heavy (non-hydrogen) atoms. The van der Waals surface area contributed by atoms with Crippen LogP contribution in [0.2, 0.25) is 0 Å². The number of hydrogen-bond donors (Lipinski definition) is 4. The highest BCUT2D eigenvalue weighted by Gasteiger charge is 2.59. The maximum absolute atomic E-state index is 13.8. The van der Waals surface area contributed by atoms with E-state index < -0.39 is 47.7 Å². The molecular weight excluding hydrogens is 463 g/mol. The molecular formula is C24H26F3N5O3. The van der Waals surface area contributed by atoms with Crippen LogP contribution in [-0.4, -0.2) is 33.6 Å². The fourth-order valence-electron chi connectivity index (χ4n) is 5.10. The Hall–Kier alpha value is -3.60. The number of fused-ring (bicyclic) bond motifs is 1. The smallest absolute Gasteiger partial charge is 0.294 e. The van der Waals surface area contributed by atoms with Gasteiger partial charge in [0, 0.05) is 36.5 Å². The van der Waals surface area contributed by atoms with Crippen LogP contribution < -0.4 is 21.9 Å². The number of carbonyl (C=O) groups is 3. The van der Waals surface area contributed by atoms with Gasteiger partial charge >= 0.3 is 0 Å². The number of amides is 2. The lowest BCUT2D eigenvalue weighted by Crippen LogP contribution is -2.66. The first-order valence-corrected chi connectivity index (χ1v) is 11.2. The van der Waals surface area contributed by atoms with Gasteiger partial charge in [-0.2, -0.15) is 0 Å². The predicted octanol–water partition coefficient (Wildman–Crippen LogP) is 2.97. The molecule has 0 bridgehead atoms. The third-order valence-corrected chi connectivity index (χ3v) is 6.59. The number of rotatable bonds is 7. The molecule has 2 heterocycles. The first-order chi connectivity index (χ1) is 16.5. The number of alkyl halides is 2. The van der Waals surface area contributed by atoms with E-state index in [1.807, 2.05) is 0 Å². The second-order valence-corrected chi connectivity index (χ2v) is 8.93. The van der Waals surface area contributed by atoms with Crippen molar-refractivity contribution in [1.82, 2.24) is 15.3 Å². The van der Waals surface area contributed by atoms with Crippen LogP contribution in [-0.2, 0) is 17.8 Å². The summed E-state index contributed by atoms with van der Waals surface area (Å²) in [6.45, 7) is 3.58. The number of allylic oxidation sites excluding steroid dienone is 1. The van der Waals surface area contributed by atoms with Gasteiger partial charge in [-0.1, -0.05) is 6.08 Å². The molecule has 2 aliphatic rings. The second-order valence-electron chi connectivity index (χ2n) is 8.93. The summed E-state index contributed by atoms with van der Waals surface area (Å²) in [7, 11) is 0. The SMILES string of the molecule is C/C=C(\NN)C1(NC(=O)C(=O)c2c(C)c(C(=O)Nc3ccc(F)cc3)c3n2CCC3)CC(F)(F)C1. The minimum Gasteiger partial charge on any atom is -0.341 e. The van der Waals surface area contributed by atoms with E-state index in [0.717, 1.165) is 0 Å². The van der Waals surface area contributed by atoms with Crippen LogP contribution in [0.1, 0.15) is 58.3 Å². The zero-order valence-corrected chi connectivity index (χ0v) is 19.3. The largest absolute Gasteiger partial charge is 0.341 e. The Balaban J connectivity index is 1.62. The molecule has 2 amide bonds. The van der Waals surface area contributed by atoms with Crippen molar-refractivity contribution in [2.24, 2.45) is 5.84 Å². The molecule has 11 heteroatoms. The summed E-state index contributed by atoms with van der Waals surface area (Å²) in [4.78, 5) is 39.3. The molecule has 1 aromatic heterocycles. The lowest BCUT2D eigenvalue weighted by Gasteiger charge is -2.48. The van der Waals surface area contributed by atoms with E-state index in [4.69, 9.17) is 5.84 Å². The fraction of sp³-hybridized carbons (Fsp3) is 0.375. The van der Waals surface area contributed by atoms with E-state index >= 15 is 0 Å². The summed E-state index contributed by atoms with van der Waals surface area (Å²) in [6.07, 6.45) is 1.28. The van der Waals surface area contributed by atoms with Crippen LogP contribution >= 0.6 is 0 Å². The number of anilines is 1. The van der Waals surface area contributed by atoms with Crippen molar-refractivity contribution in [1.29, 1.82) is 0 Å². The van der Waals surface area contributed by atoms with Gasteiger partial charge < -0.3 is 20.6 Å². The molecule has 1 aliphatic carbocycles. The van der Waals surface area contributed by atoms with Crippen molar-refractivity contribution in [3.8, 4) is 0 Å². The summed E-state index contributed by atoms with van der Waals surface area (Å²) >= 11 is 0. The molecule has 0 saturated heterocycles. The summed E-state index contributed by atoms with van der Waals surface area (Å²) < 4.78 is 42.4. The van der Waals surface area contributed by atoms with Crippen LogP contribution in [0.5, 0.6) is 0 Å². The first kappa shape index (κ1) is 24.5. The number of halogens is 3. The Kier molecular flexibility index (Phi) is 6.22. The Morgan fingerprint density at radius 3 is 2.37 bits per heavy atom. The molecule has 2 aromatic rings. The van der Waals surface area contributed by atoms with Gasteiger partial charge in [0.1, 0.15) is 5.82 Å². The van der Waals surface area contributed by atoms with Gasteiger partial charge in [-0.3, -0.25) is 20.2 Å². The molecule has 1 fully saturated rings. The molecule has 0 unspecified atom stereocenters. The third-order valence-electron chi connectivity index (χ3n) is 6.59. The van der Waals surface area contributed by atoms with Crippen LogP contribution in [0.15, 0.2) is 36.0 Å². The third kappa shape index (κ3) is 4.31. The number of nitrogens with zero attached hydrogens (tertiary/aromatic N) is 1. The van der Waals surface area contributed by atoms with Crippen molar-refractivity contribution in [3.05, 3.63) is 64.4 Å². The minimum atomic E-state index is -3.00. The van der Waals surface area contributed by atoms with Gasteiger partial charge in [-0.05, 0) is 56.5 Å². The molecule has 1 aromatic carbocycles. The Morgan fingerprint density at radius 1 is 1.14 bits per heavy atom. The number of hydrazine groups is 1. The molecule has 4 rings (SSSR count). The zero-order valence-electron chi connectivity index (χ0n) is 19.3. The summed E-state index contributed by atoms with van der Waals surface area (Å²) in [5, 5.41) is 5.15. The van der Waals surface area contributed by atoms with Gasteiger partial charge in [0.25, 0.3) is 23.5 Å². The van der Waals surface area contributed by atoms with Crippen LogP contribution in [0.25, 0.3) is 0 Å². The summed E-state index contributed by atoms with van der Waals surface area (Å²) in [5.74, 6) is -0.452. The van der Waals surface area contributed by atoms with Gasteiger partial charge in [-0.15, -0.1) is 0 Å². The Morgan fingerprint density at radius 2 is 1.80 bits per heavy atom. The van der Waals surface area contributed by atoms with Crippen LogP contribution in [0, 0.1) is 12.7 Å². The molecule has 8 nitrogen and oxygen atoms in total. The van der Waals surface area contributed by atoms with E-state index in [-0.39, 0.29) is 17.0 Å². The van der Waals surface area contributed by atoms with Crippen molar-refractivity contribution in [3.63, 3.8) is 0 Å². The average Bonchev–Trinajstić information content (AvgIpc) is 3.33. The topological polar surface area (TPSA) is 118 Å². The summed E-state index contributed by atoms with van der Waals surface area (Å²) in [6, 6.07) is 5.25. The first-order valence-electron chi connectivity index (χ1n) is 11.2. The lowest BCUT2D eigenvalue weighted by molar-refractivity contribution is -0.138. The number of ketones is 1. The highest BCUT2D eigenvalue weighted by molar-refractivity contribution is 6.43. The molecule has 186 valence electrons. The summed E-state index contributed by atoms with van der Waals surface area (Å²) in [5.41, 5.74) is 2.64. The predicted molar refractivity (Wildman–Crippen MR) is 122 cm³/mol. The quantitative estimate of drug-likeness (QED) is 0.206. The number of Topliss-reactive ketones (excluding diaryl/α,β-unsaturated/α-hetero) is 1. The maximum atomic E-state index is 13.8. The van der Waals surface area contributed by atoms with E-state index in [9.17, 15) is 27.6 Å². The van der Waals surface area contributed by atoms with Crippen molar-refractivity contribution in [2.75, 3.05) is 5.32 Å². The van der Waals surface area contributed by atoms with E-state index in [0.29, 0.717) is 36.3 Å². The van der Waals surface area contributed by atoms with Crippen LogP contribution in [0.4, 0.5) is 18.9 Å². The number of benzene rings is 1. The number of hydrogen-bond acceptors (Lipinski definition) is 5. The molecule has 0 spiro atoms. The monoisotopic (exact) mass is 489 g/mol. The zero-order chi connectivity index (χ0) is 25.5. The van der Waals surface area contributed by atoms with Crippen molar-refractivity contribution in [2.45, 2.75) is 57.5 Å². The standard InChI is InChI=1S/C24H26F3N5O3/c1-3-17(31-28)23(11-24(26,27)12-23)30-22(35)20(33)19-13(2)18(16-5-4-10-32(16)19)21(34)29-15-8-6-14(25)7-9-15/h3,6-9,31H,4-5,10-12,28H2,1-2H3,(H,29,34)(H,30,35)/b17-3-. The number of nitrogens with one attached hydrogen (secondary N) is 3. The number of nitrogens with two attached hydrogens (primary N) is 1. The van der Waals surface area contributed by atoms with Gasteiger partial charge in [0.05, 0.1) is 16.8 Å². The molecule has 1 saturated carbocycles. The minimum absolute atomic E-state index is 0.0447. The lowest BCUT2D eigenvalue weighted by atomic mass is 9.70. The van der Waals surface area contributed by atoms with Crippen LogP contribution in [0.3, 0.4) is 0 Å². The van der Waals surface area contributed by atoms with E-state index in [1.54, 1.807) is 18.4 Å². The van der Waals surface area contributed by atoms with Gasteiger partial charge in [-0.25, -0.2) is 13.2 Å². The number of carbonyl (C=O) groups excluding carboxylic acids is 3. The molecule has 1 aliphatic heterocycles. The normalized spacial score (nSPS) is 17.8. The van der Waals surface area contributed by atoms with E-state index in [1.165, 1.54) is 30.3 Å². The Labute approximate surface area is 199 Å². The highest BCUT2D eigenvalue weighted by Crippen LogP contribution is 2.48. The Bertz CT molecular complexity index is 1230. The van der Waals surface area contributed by atoms with Gasteiger partial charge in [0.2, 0.25) is 0 Å². The number of aromatic nitrogens is 1. The highest BCUT2D eigenvalue weighted by atomic mass is 19.3. The molecule has 5 N–H and O–H groups in total. The average molecular weight is 489 g/mol.